The second-order valence-electron chi connectivity index (χ2n) is 7.97. The zero-order chi connectivity index (χ0) is 23.6. The molecule has 1 aromatic rings. The normalized spacial score (nSPS) is 40.3. The third-order valence-corrected chi connectivity index (χ3v) is 5.61. The lowest BCUT2D eigenvalue weighted by Gasteiger charge is -2.42. The highest BCUT2D eigenvalue weighted by atomic mass is 16.7. The van der Waals surface area contributed by atoms with Crippen LogP contribution in [0.5, 0.6) is 11.5 Å². The van der Waals surface area contributed by atoms with E-state index >= 15 is 0 Å². The minimum Gasteiger partial charge on any atom is -0.504 e. The number of phenolic OH excluding ortho intramolecular Hbond substituents is 2. The average Bonchev–Trinajstić information content (AvgIpc) is 2.77. The van der Waals surface area contributed by atoms with Crippen molar-refractivity contribution in [2.45, 2.75) is 74.8 Å². The molecule has 12 nitrogen and oxygen atoms in total. The van der Waals surface area contributed by atoms with Gasteiger partial charge in [0.1, 0.15) is 42.7 Å². The van der Waals surface area contributed by atoms with Crippen molar-refractivity contribution in [1.29, 1.82) is 0 Å². The van der Waals surface area contributed by atoms with Gasteiger partial charge < -0.3 is 59.8 Å². The molecule has 0 spiro atoms. The van der Waals surface area contributed by atoms with E-state index in [9.17, 15) is 40.9 Å². The maximum absolute atomic E-state index is 10.2. The largest absolute Gasteiger partial charge is 0.504 e. The Kier molecular flexibility index (Phi) is 8.27. The molecule has 2 fully saturated rings. The lowest BCUT2D eigenvalue weighted by atomic mass is 9.98. The SMILES string of the molecule is C[C@H]1O[C@H](OC[C@@H]2O[C@H](OCCc3ccc(O)c(O)c3)[C@@H](O)[C@H](O)[C@H]2O)[C@@H](O)[C@@H](O)[C@@H]1O. The van der Waals surface area contributed by atoms with E-state index in [0.717, 1.165) is 0 Å². The van der Waals surface area contributed by atoms with Crippen LogP contribution in [0.4, 0.5) is 0 Å². The van der Waals surface area contributed by atoms with Crippen LogP contribution in [0.1, 0.15) is 12.5 Å². The summed E-state index contributed by atoms with van der Waals surface area (Å²) < 4.78 is 21.7. The van der Waals surface area contributed by atoms with Crippen molar-refractivity contribution in [3.8, 4) is 11.5 Å². The van der Waals surface area contributed by atoms with E-state index in [2.05, 4.69) is 0 Å². The van der Waals surface area contributed by atoms with Crippen LogP contribution in [0.15, 0.2) is 18.2 Å². The van der Waals surface area contributed by atoms with Crippen molar-refractivity contribution >= 4 is 0 Å². The predicted molar refractivity (Wildman–Crippen MR) is 104 cm³/mol. The first-order valence-electron chi connectivity index (χ1n) is 10.2. The summed E-state index contributed by atoms with van der Waals surface area (Å²) in [6, 6.07) is 4.25. The first-order valence-corrected chi connectivity index (χ1v) is 10.2. The van der Waals surface area contributed by atoms with E-state index in [1.54, 1.807) is 6.07 Å². The van der Waals surface area contributed by atoms with E-state index in [1.165, 1.54) is 19.1 Å². The second kappa shape index (κ2) is 10.6. The molecule has 2 saturated heterocycles. The number of ether oxygens (including phenoxy) is 4. The Morgan fingerprint density at radius 1 is 0.750 bits per heavy atom. The number of benzene rings is 1. The van der Waals surface area contributed by atoms with Crippen LogP contribution in [0, 0.1) is 0 Å². The van der Waals surface area contributed by atoms with Gasteiger partial charge in [-0.25, -0.2) is 0 Å². The number of phenols is 2. The molecule has 2 aliphatic rings. The van der Waals surface area contributed by atoms with Crippen molar-refractivity contribution in [3.05, 3.63) is 23.8 Å². The van der Waals surface area contributed by atoms with E-state index in [1.807, 2.05) is 0 Å². The topological polar surface area (TPSA) is 199 Å². The first kappa shape index (κ1) is 25.1. The number of aliphatic hydroxyl groups excluding tert-OH is 6. The lowest BCUT2D eigenvalue weighted by molar-refractivity contribution is -0.327. The predicted octanol–water partition coefficient (Wildman–Crippen LogP) is -2.69. The Hall–Kier alpha value is -1.58. The molecule has 1 aromatic carbocycles. The highest BCUT2D eigenvalue weighted by Gasteiger charge is 2.46. The quantitative estimate of drug-likeness (QED) is 0.196. The molecule has 0 bridgehead atoms. The van der Waals surface area contributed by atoms with Gasteiger partial charge in [-0.05, 0) is 31.0 Å². The molecule has 0 amide bonds. The number of aliphatic hydroxyl groups is 6. The third-order valence-electron chi connectivity index (χ3n) is 5.61. The maximum Gasteiger partial charge on any atom is 0.186 e. The van der Waals surface area contributed by atoms with Gasteiger partial charge in [0.05, 0.1) is 19.3 Å². The molecule has 0 aromatic heterocycles. The minimum absolute atomic E-state index is 0.0222. The van der Waals surface area contributed by atoms with Crippen molar-refractivity contribution in [2.24, 2.45) is 0 Å². The van der Waals surface area contributed by atoms with Gasteiger partial charge in [-0.15, -0.1) is 0 Å². The fourth-order valence-corrected chi connectivity index (χ4v) is 3.55. The summed E-state index contributed by atoms with van der Waals surface area (Å²) in [6.07, 6.45) is -13.4. The molecule has 32 heavy (non-hydrogen) atoms. The lowest BCUT2D eigenvalue weighted by Crippen LogP contribution is -2.61. The van der Waals surface area contributed by atoms with Crippen LogP contribution in [-0.4, -0.2) is 115 Å². The molecule has 182 valence electrons. The monoisotopic (exact) mass is 462 g/mol. The Bertz CT molecular complexity index is 747. The fraction of sp³-hybridized carbons (Fsp3) is 0.700. The van der Waals surface area contributed by atoms with Crippen LogP contribution in [0.3, 0.4) is 0 Å². The average molecular weight is 462 g/mol. The first-order chi connectivity index (χ1) is 15.1. The van der Waals surface area contributed by atoms with Crippen molar-refractivity contribution in [2.75, 3.05) is 13.2 Å². The van der Waals surface area contributed by atoms with Gasteiger partial charge in [0.15, 0.2) is 24.1 Å². The smallest absolute Gasteiger partial charge is 0.186 e. The summed E-state index contributed by atoms with van der Waals surface area (Å²) in [6.45, 7) is 1.13. The molecule has 10 atom stereocenters. The molecular weight excluding hydrogens is 432 g/mol. The summed E-state index contributed by atoms with van der Waals surface area (Å²) in [7, 11) is 0. The molecular formula is C20H30O12. The highest BCUT2D eigenvalue weighted by molar-refractivity contribution is 5.40. The summed E-state index contributed by atoms with van der Waals surface area (Å²) in [5.74, 6) is -0.546. The van der Waals surface area contributed by atoms with Gasteiger partial charge in [0.25, 0.3) is 0 Å². The van der Waals surface area contributed by atoms with Gasteiger partial charge in [-0.1, -0.05) is 6.07 Å². The molecule has 8 N–H and O–H groups in total. The molecule has 0 saturated carbocycles. The Morgan fingerprint density at radius 3 is 2.03 bits per heavy atom. The molecule has 0 unspecified atom stereocenters. The standard InChI is InChI=1S/C20H30O12/c1-8-13(23)15(25)17(27)20(31-8)30-7-12-14(24)16(26)18(28)19(32-12)29-5-4-9-2-3-10(21)11(22)6-9/h2-3,6,8,12-28H,4-5,7H2,1H3/t8-,12+,13-,14+,15+,16-,17+,18+,19+,20+/m1/s1. The number of rotatable bonds is 7. The summed E-state index contributed by atoms with van der Waals surface area (Å²) in [5, 5.41) is 79.0. The molecule has 2 heterocycles. The second-order valence-corrected chi connectivity index (χ2v) is 7.97. The van der Waals surface area contributed by atoms with Gasteiger partial charge in [0.2, 0.25) is 0 Å². The third kappa shape index (κ3) is 5.48. The van der Waals surface area contributed by atoms with Crippen molar-refractivity contribution < 1.29 is 59.8 Å². The van der Waals surface area contributed by atoms with Gasteiger partial charge >= 0.3 is 0 Å². The van der Waals surface area contributed by atoms with E-state index in [0.29, 0.717) is 12.0 Å². The zero-order valence-corrected chi connectivity index (χ0v) is 17.3. The zero-order valence-electron chi connectivity index (χ0n) is 17.3. The van der Waals surface area contributed by atoms with Crippen LogP contribution in [0.2, 0.25) is 0 Å². The Balaban J connectivity index is 1.54. The van der Waals surface area contributed by atoms with Crippen LogP contribution in [0.25, 0.3) is 0 Å². The van der Waals surface area contributed by atoms with Crippen LogP contribution >= 0.6 is 0 Å². The Labute approximate surface area is 183 Å². The van der Waals surface area contributed by atoms with E-state index < -0.39 is 61.4 Å². The Morgan fingerprint density at radius 2 is 1.38 bits per heavy atom. The van der Waals surface area contributed by atoms with Gasteiger partial charge in [0, 0.05) is 0 Å². The number of hydrogen-bond donors (Lipinski definition) is 8. The minimum atomic E-state index is -1.61. The van der Waals surface area contributed by atoms with Crippen molar-refractivity contribution in [1.82, 2.24) is 0 Å². The van der Waals surface area contributed by atoms with E-state index in [-0.39, 0.29) is 24.7 Å². The summed E-state index contributed by atoms with van der Waals surface area (Å²) >= 11 is 0. The molecule has 3 rings (SSSR count). The molecule has 0 aliphatic carbocycles. The number of aromatic hydroxyl groups is 2. The van der Waals surface area contributed by atoms with Crippen LogP contribution < -0.4 is 0 Å². The summed E-state index contributed by atoms with van der Waals surface area (Å²) in [5.41, 5.74) is 0.643. The maximum atomic E-state index is 10.2. The van der Waals surface area contributed by atoms with Crippen molar-refractivity contribution in [3.63, 3.8) is 0 Å². The van der Waals surface area contributed by atoms with Crippen LogP contribution in [-0.2, 0) is 25.4 Å². The molecule has 0 radical (unpaired) electrons. The molecule has 12 heteroatoms. The van der Waals surface area contributed by atoms with E-state index in [4.69, 9.17) is 18.9 Å². The van der Waals surface area contributed by atoms with Gasteiger partial charge in [-0.3, -0.25) is 0 Å². The highest BCUT2D eigenvalue weighted by Crippen LogP contribution is 2.27. The molecule has 2 aliphatic heterocycles. The number of hydrogen-bond acceptors (Lipinski definition) is 12. The van der Waals surface area contributed by atoms with Gasteiger partial charge in [-0.2, -0.15) is 0 Å². The fourth-order valence-electron chi connectivity index (χ4n) is 3.55. The summed E-state index contributed by atoms with van der Waals surface area (Å²) in [4.78, 5) is 0.